The Bertz CT molecular complexity index is 418. The monoisotopic (exact) mass is 240 g/mol. The number of nitrogens with zero attached hydrogens (tertiary/aromatic N) is 3. The highest BCUT2D eigenvalue weighted by Gasteiger charge is 2.27. The molecule has 1 aliphatic heterocycles. The second-order valence-corrected chi connectivity index (χ2v) is 3.81. The molecule has 0 aliphatic carbocycles. The van der Waals surface area contributed by atoms with Crippen molar-refractivity contribution in [3.05, 3.63) is 22.0 Å². The zero-order valence-corrected chi connectivity index (χ0v) is 9.04. The quantitative estimate of drug-likeness (QED) is 0.600. The van der Waals surface area contributed by atoms with E-state index < -0.39 is 10.8 Å². The lowest BCUT2D eigenvalue weighted by Crippen LogP contribution is -2.21. The molecule has 1 aliphatic rings. The molecule has 8 heteroatoms. The van der Waals surface area contributed by atoms with E-state index in [-0.39, 0.29) is 17.4 Å². The van der Waals surface area contributed by atoms with E-state index in [4.69, 9.17) is 10.5 Å². The van der Waals surface area contributed by atoms with E-state index in [1.165, 1.54) is 10.9 Å². The van der Waals surface area contributed by atoms with Gasteiger partial charge in [0.15, 0.2) is 0 Å². The summed E-state index contributed by atoms with van der Waals surface area (Å²) in [4.78, 5) is 21.1. The SMILES string of the molecule is NC(=O)c1nn(C2CCOCC2)cc1[N+](=O)[O-]. The van der Waals surface area contributed by atoms with E-state index >= 15 is 0 Å². The lowest BCUT2D eigenvalue weighted by atomic mass is 10.1. The molecule has 0 saturated carbocycles. The van der Waals surface area contributed by atoms with Gasteiger partial charge in [-0.1, -0.05) is 0 Å². The topological polar surface area (TPSA) is 113 Å². The summed E-state index contributed by atoms with van der Waals surface area (Å²) in [6, 6.07) is 0.0237. The van der Waals surface area contributed by atoms with Crippen LogP contribution in [0.5, 0.6) is 0 Å². The first-order valence-corrected chi connectivity index (χ1v) is 5.20. The Balaban J connectivity index is 2.32. The highest BCUT2D eigenvalue weighted by Crippen LogP contribution is 2.24. The molecular formula is C9H12N4O4. The third kappa shape index (κ3) is 2.26. The highest BCUT2D eigenvalue weighted by molar-refractivity contribution is 5.94. The van der Waals surface area contributed by atoms with Crippen LogP contribution in [0.1, 0.15) is 29.4 Å². The highest BCUT2D eigenvalue weighted by atomic mass is 16.6. The summed E-state index contributed by atoms with van der Waals surface area (Å²) in [5.41, 5.74) is 4.42. The van der Waals surface area contributed by atoms with E-state index in [1.807, 2.05) is 0 Å². The van der Waals surface area contributed by atoms with Crippen LogP contribution in [0.2, 0.25) is 0 Å². The van der Waals surface area contributed by atoms with Gasteiger partial charge in [0.1, 0.15) is 6.20 Å². The average Bonchev–Trinajstić information content (AvgIpc) is 2.75. The minimum atomic E-state index is -0.887. The number of carbonyl (C=O) groups excluding carboxylic acids is 1. The molecule has 2 rings (SSSR count). The molecule has 0 aromatic carbocycles. The van der Waals surface area contributed by atoms with Crippen LogP contribution in [-0.2, 0) is 4.74 Å². The molecule has 0 atom stereocenters. The zero-order valence-electron chi connectivity index (χ0n) is 9.04. The van der Waals surface area contributed by atoms with Gasteiger partial charge in [0.2, 0.25) is 5.69 Å². The van der Waals surface area contributed by atoms with Gasteiger partial charge in [-0.05, 0) is 12.8 Å². The van der Waals surface area contributed by atoms with Crippen molar-refractivity contribution in [1.82, 2.24) is 9.78 Å². The molecule has 1 saturated heterocycles. The summed E-state index contributed by atoms with van der Waals surface area (Å²) >= 11 is 0. The number of amides is 1. The van der Waals surface area contributed by atoms with Crippen molar-refractivity contribution in [2.75, 3.05) is 13.2 Å². The summed E-state index contributed by atoms with van der Waals surface area (Å²) in [6.45, 7) is 1.18. The maximum absolute atomic E-state index is 11.0. The maximum Gasteiger partial charge on any atom is 0.320 e. The van der Waals surface area contributed by atoms with Crippen LogP contribution in [0, 0.1) is 10.1 Å². The summed E-state index contributed by atoms with van der Waals surface area (Å²) in [5.74, 6) is -0.887. The molecule has 1 aromatic rings. The van der Waals surface area contributed by atoms with Gasteiger partial charge in [-0.15, -0.1) is 0 Å². The summed E-state index contributed by atoms with van der Waals surface area (Å²) in [7, 11) is 0. The molecule has 2 heterocycles. The van der Waals surface area contributed by atoms with Crippen LogP contribution in [0.15, 0.2) is 6.20 Å². The Hall–Kier alpha value is -1.96. The van der Waals surface area contributed by atoms with Crippen LogP contribution in [-0.4, -0.2) is 33.8 Å². The van der Waals surface area contributed by atoms with Crippen molar-refractivity contribution in [1.29, 1.82) is 0 Å². The fraction of sp³-hybridized carbons (Fsp3) is 0.556. The lowest BCUT2D eigenvalue weighted by Gasteiger charge is -2.21. The predicted molar refractivity (Wildman–Crippen MR) is 56.5 cm³/mol. The normalized spacial score (nSPS) is 16.9. The van der Waals surface area contributed by atoms with Crippen LogP contribution in [0.3, 0.4) is 0 Å². The predicted octanol–water partition coefficient (Wildman–Crippen LogP) is 0.242. The number of primary amides is 1. The molecule has 0 radical (unpaired) electrons. The van der Waals surface area contributed by atoms with Gasteiger partial charge in [-0.3, -0.25) is 19.6 Å². The van der Waals surface area contributed by atoms with Crippen molar-refractivity contribution in [2.45, 2.75) is 18.9 Å². The van der Waals surface area contributed by atoms with Crippen LogP contribution < -0.4 is 5.73 Å². The Labute approximate surface area is 96.5 Å². The minimum Gasteiger partial charge on any atom is -0.381 e. The second-order valence-electron chi connectivity index (χ2n) is 3.81. The van der Waals surface area contributed by atoms with Gasteiger partial charge in [0, 0.05) is 13.2 Å². The average molecular weight is 240 g/mol. The van der Waals surface area contributed by atoms with Crippen LogP contribution >= 0.6 is 0 Å². The number of hydrogen-bond acceptors (Lipinski definition) is 5. The molecule has 2 N–H and O–H groups in total. The van der Waals surface area contributed by atoms with Crippen molar-refractivity contribution < 1.29 is 14.5 Å². The smallest absolute Gasteiger partial charge is 0.320 e. The van der Waals surface area contributed by atoms with E-state index in [2.05, 4.69) is 5.10 Å². The number of nitro groups is 1. The first kappa shape index (κ1) is 11.5. The fourth-order valence-corrected chi connectivity index (χ4v) is 1.83. The van der Waals surface area contributed by atoms with E-state index in [0.717, 1.165) is 12.8 Å². The second kappa shape index (κ2) is 4.50. The zero-order chi connectivity index (χ0) is 12.4. The van der Waals surface area contributed by atoms with Gasteiger partial charge >= 0.3 is 5.69 Å². The Morgan fingerprint density at radius 1 is 1.59 bits per heavy atom. The summed E-state index contributed by atoms with van der Waals surface area (Å²) < 4.78 is 6.63. The first-order valence-electron chi connectivity index (χ1n) is 5.20. The molecule has 0 bridgehead atoms. The molecule has 17 heavy (non-hydrogen) atoms. The standard InChI is InChI=1S/C9H12N4O4/c10-9(14)8-7(13(15)16)5-12(11-8)6-1-3-17-4-2-6/h5-6H,1-4H2,(H2,10,14). The number of nitrogens with two attached hydrogens (primary N) is 1. The largest absolute Gasteiger partial charge is 0.381 e. The van der Waals surface area contributed by atoms with Crippen molar-refractivity contribution in [3.63, 3.8) is 0 Å². The van der Waals surface area contributed by atoms with Crippen LogP contribution in [0.4, 0.5) is 5.69 Å². The molecular weight excluding hydrogens is 228 g/mol. The number of aromatic nitrogens is 2. The number of ether oxygens (including phenoxy) is 1. The van der Waals surface area contributed by atoms with E-state index in [1.54, 1.807) is 0 Å². The van der Waals surface area contributed by atoms with Gasteiger partial charge in [-0.25, -0.2) is 0 Å². The molecule has 1 fully saturated rings. The Morgan fingerprint density at radius 3 is 2.71 bits per heavy atom. The fourth-order valence-electron chi connectivity index (χ4n) is 1.83. The van der Waals surface area contributed by atoms with Crippen LogP contribution in [0.25, 0.3) is 0 Å². The molecule has 0 spiro atoms. The molecule has 1 amide bonds. The first-order chi connectivity index (χ1) is 8.09. The lowest BCUT2D eigenvalue weighted by molar-refractivity contribution is -0.385. The van der Waals surface area contributed by atoms with Gasteiger partial charge < -0.3 is 10.5 Å². The van der Waals surface area contributed by atoms with Gasteiger partial charge in [0.05, 0.1) is 11.0 Å². The van der Waals surface area contributed by atoms with Gasteiger partial charge in [-0.2, -0.15) is 5.10 Å². The van der Waals surface area contributed by atoms with Crippen molar-refractivity contribution in [3.8, 4) is 0 Å². The van der Waals surface area contributed by atoms with E-state index in [9.17, 15) is 14.9 Å². The van der Waals surface area contributed by atoms with Crippen molar-refractivity contribution in [2.24, 2.45) is 5.73 Å². The van der Waals surface area contributed by atoms with Crippen molar-refractivity contribution >= 4 is 11.6 Å². The van der Waals surface area contributed by atoms with Gasteiger partial charge in [0.25, 0.3) is 5.91 Å². The number of rotatable bonds is 3. The summed E-state index contributed by atoms with van der Waals surface area (Å²) in [5, 5.41) is 14.6. The summed E-state index contributed by atoms with van der Waals surface area (Å²) in [6.07, 6.45) is 2.70. The molecule has 92 valence electrons. The minimum absolute atomic E-state index is 0.0237. The Kier molecular flexibility index (Phi) is 3.05. The van der Waals surface area contributed by atoms with E-state index in [0.29, 0.717) is 13.2 Å². The maximum atomic E-state index is 11.0. The Morgan fingerprint density at radius 2 is 2.24 bits per heavy atom. The molecule has 1 aromatic heterocycles. The third-order valence-corrected chi connectivity index (χ3v) is 2.71. The molecule has 8 nitrogen and oxygen atoms in total. The number of carbonyl (C=O) groups is 1. The third-order valence-electron chi connectivity index (χ3n) is 2.71. The number of hydrogen-bond donors (Lipinski definition) is 1. The molecule has 0 unspecified atom stereocenters.